The van der Waals surface area contributed by atoms with Crippen molar-refractivity contribution in [2.45, 2.75) is 59.2 Å². The maximum atomic E-state index is 12.3. The van der Waals surface area contributed by atoms with Gasteiger partial charge in [0.2, 0.25) is 0 Å². The van der Waals surface area contributed by atoms with Crippen LogP contribution in [0.1, 0.15) is 39.8 Å². The topological polar surface area (TPSA) is 47.4 Å². The van der Waals surface area contributed by atoms with Gasteiger partial charge < -0.3 is 9.64 Å². The smallest absolute Gasteiger partial charge is 0.410 e. The van der Waals surface area contributed by atoms with Gasteiger partial charge in [0.25, 0.3) is 0 Å². The molecule has 0 aliphatic carbocycles. The number of carbonyl (C=O) groups excluding carboxylic acids is 1. The molecule has 2 atom stereocenters. The van der Waals surface area contributed by atoms with Gasteiger partial charge in [0, 0.05) is 12.7 Å². The Morgan fingerprint density at radius 3 is 2.75 bits per heavy atom. The molecule has 1 aliphatic rings. The number of carbonyl (C=O) groups is 1. The third kappa shape index (κ3) is 3.74. The Balaban J connectivity index is 2.04. The average Bonchev–Trinajstić information content (AvgIpc) is 2.83. The molecule has 0 saturated carbocycles. The molecule has 0 unspecified atom stereocenters. The molecule has 0 N–H and O–H groups in total. The molecule has 2 rings (SSSR count). The number of likely N-dealkylation sites (tertiary alicyclic amines) is 1. The van der Waals surface area contributed by atoms with Crippen LogP contribution in [-0.2, 0) is 11.3 Å². The van der Waals surface area contributed by atoms with Crippen LogP contribution in [0.3, 0.4) is 0 Å². The van der Waals surface area contributed by atoms with E-state index in [1.165, 1.54) is 0 Å². The first-order chi connectivity index (χ1) is 9.24. The summed E-state index contributed by atoms with van der Waals surface area (Å²) in [6.45, 7) is 11.3. The summed E-state index contributed by atoms with van der Waals surface area (Å²) in [5, 5.41) is 4.41. The number of aryl methyl sites for hydroxylation is 1. The van der Waals surface area contributed by atoms with E-state index < -0.39 is 5.60 Å². The molecule has 1 aliphatic heterocycles. The number of ether oxygens (including phenoxy) is 1. The summed E-state index contributed by atoms with van der Waals surface area (Å²) in [6.07, 6.45) is 2.75. The van der Waals surface area contributed by atoms with Gasteiger partial charge in [-0.15, -0.1) is 0 Å². The zero-order valence-corrected chi connectivity index (χ0v) is 13.1. The van der Waals surface area contributed by atoms with Crippen LogP contribution < -0.4 is 0 Å². The molecule has 1 amide bonds. The Bertz CT molecular complexity index is 476. The van der Waals surface area contributed by atoms with Crippen molar-refractivity contribution in [2.75, 3.05) is 6.54 Å². The van der Waals surface area contributed by atoms with Crippen LogP contribution in [0.4, 0.5) is 4.79 Å². The van der Waals surface area contributed by atoms with Crippen molar-refractivity contribution in [1.82, 2.24) is 14.7 Å². The van der Waals surface area contributed by atoms with Gasteiger partial charge in [-0.2, -0.15) is 5.10 Å². The first kappa shape index (κ1) is 14.9. The Morgan fingerprint density at radius 2 is 2.20 bits per heavy atom. The quantitative estimate of drug-likeness (QED) is 0.836. The molecule has 0 radical (unpaired) electrons. The fourth-order valence-electron chi connectivity index (χ4n) is 2.65. The molecule has 1 saturated heterocycles. The minimum absolute atomic E-state index is 0.166. The molecular formula is C15H25N3O2. The Hall–Kier alpha value is -1.52. The number of amides is 1. The van der Waals surface area contributed by atoms with Crippen molar-refractivity contribution >= 4 is 6.09 Å². The Kier molecular flexibility index (Phi) is 4.06. The zero-order chi connectivity index (χ0) is 14.9. The van der Waals surface area contributed by atoms with Crippen molar-refractivity contribution in [3.63, 3.8) is 0 Å². The van der Waals surface area contributed by atoms with Crippen molar-refractivity contribution in [1.29, 1.82) is 0 Å². The van der Waals surface area contributed by atoms with Gasteiger partial charge in [-0.05, 0) is 46.1 Å². The highest BCUT2D eigenvalue weighted by Gasteiger charge is 2.35. The first-order valence-corrected chi connectivity index (χ1v) is 7.24. The lowest BCUT2D eigenvalue weighted by molar-refractivity contribution is 0.0208. The Morgan fingerprint density at radius 1 is 1.50 bits per heavy atom. The highest BCUT2D eigenvalue weighted by atomic mass is 16.6. The van der Waals surface area contributed by atoms with Crippen LogP contribution in [0.25, 0.3) is 0 Å². The second-order valence-corrected chi connectivity index (χ2v) is 6.81. The summed E-state index contributed by atoms with van der Waals surface area (Å²) in [7, 11) is 0. The molecule has 0 bridgehead atoms. The van der Waals surface area contributed by atoms with Crippen LogP contribution in [0.15, 0.2) is 12.3 Å². The van der Waals surface area contributed by atoms with E-state index in [1.807, 2.05) is 49.5 Å². The van der Waals surface area contributed by atoms with E-state index >= 15 is 0 Å². The second kappa shape index (κ2) is 5.46. The van der Waals surface area contributed by atoms with Gasteiger partial charge >= 0.3 is 6.09 Å². The van der Waals surface area contributed by atoms with Gasteiger partial charge in [0.1, 0.15) is 5.60 Å². The van der Waals surface area contributed by atoms with E-state index in [1.54, 1.807) is 0 Å². The average molecular weight is 279 g/mol. The second-order valence-electron chi connectivity index (χ2n) is 6.81. The van der Waals surface area contributed by atoms with Crippen molar-refractivity contribution < 1.29 is 9.53 Å². The van der Waals surface area contributed by atoms with E-state index in [0.29, 0.717) is 5.92 Å². The van der Waals surface area contributed by atoms with Gasteiger partial charge in [-0.1, -0.05) is 6.92 Å². The zero-order valence-electron chi connectivity index (χ0n) is 13.1. The largest absolute Gasteiger partial charge is 0.444 e. The summed E-state index contributed by atoms with van der Waals surface area (Å²) < 4.78 is 7.41. The van der Waals surface area contributed by atoms with Gasteiger partial charge in [0.05, 0.1) is 18.3 Å². The molecule has 112 valence electrons. The number of aromatic nitrogens is 2. The summed E-state index contributed by atoms with van der Waals surface area (Å²) in [5.74, 6) is 0.504. The third-order valence-electron chi connectivity index (χ3n) is 3.42. The number of rotatable bonds is 2. The van der Waals surface area contributed by atoms with E-state index in [2.05, 4.69) is 12.0 Å². The van der Waals surface area contributed by atoms with Crippen molar-refractivity contribution in [3.05, 3.63) is 18.0 Å². The number of nitrogens with zero attached hydrogens (tertiary/aromatic N) is 3. The van der Waals surface area contributed by atoms with Gasteiger partial charge in [-0.25, -0.2) is 4.79 Å². The molecule has 1 aromatic heterocycles. The normalized spacial score (nSPS) is 23.1. The van der Waals surface area contributed by atoms with E-state index in [4.69, 9.17) is 4.74 Å². The minimum Gasteiger partial charge on any atom is -0.444 e. The molecule has 5 heteroatoms. The predicted octanol–water partition coefficient (Wildman–Crippen LogP) is 2.84. The van der Waals surface area contributed by atoms with E-state index in [-0.39, 0.29) is 12.1 Å². The monoisotopic (exact) mass is 279 g/mol. The summed E-state index contributed by atoms with van der Waals surface area (Å²) in [6, 6.07) is 2.15. The maximum Gasteiger partial charge on any atom is 0.410 e. The molecule has 1 aromatic rings. The minimum atomic E-state index is -0.449. The maximum absolute atomic E-state index is 12.3. The van der Waals surface area contributed by atoms with E-state index in [0.717, 1.165) is 25.2 Å². The summed E-state index contributed by atoms with van der Waals surface area (Å²) in [4.78, 5) is 14.1. The van der Waals surface area contributed by atoms with Gasteiger partial charge in [0.15, 0.2) is 0 Å². The molecule has 5 nitrogen and oxygen atoms in total. The van der Waals surface area contributed by atoms with Crippen LogP contribution in [0.5, 0.6) is 0 Å². The van der Waals surface area contributed by atoms with E-state index in [9.17, 15) is 4.79 Å². The number of hydrogen-bond donors (Lipinski definition) is 0. The molecule has 20 heavy (non-hydrogen) atoms. The van der Waals surface area contributed by atoms with Crippen LogP contribution >= 0.6 is 0 Å². The summed E-state index contributed by atoms with van der Waals surface area (Å²) in [5.41, 5.74) is 0.551. The highest BCUT2D eigenvalue weighted by molar-refractivity contribution is 5.69. The molecule has 2 heterocycles. The first-order valence-electron chi connectivity index (χ1n) is 7.24. The summed E-state index contributed by atoms with van der Waals surface area (Å²) >= 11 is 0. The third-order valence-corrected chi connectivity index (χ3v) is 3.42. The standard InChI is InChI=1S/C15H25N3O2/c1-11-8-13(10-17-7-6-12(2)16-17)18(9-11)14(19)20-15(3,4)5/h6-7,11,13H,8-10H2,1-5H3/t11-,13+/m1/s1. The van der Waals surface area contributed by atoms with Crippen LogP contribution in [0, 0.1) is 12.8 Å². The lowest BCUT2D eigenvalue weighted by atomic mass is 10.1. The van der Waals surface area contributed by atoms with Crippen LogP contribution in [0.2, 0.25) is 0 Å². The fraction of sp³-hybridized carbons (Fsp3) is 0.733. The van der Waals surface area contributed by atoms with Gasteiger partial charge in [-0.3, -0.25) is 4.68 Å². The predicted molar refractivity (Wildman–Crippen MR) is 77.5 cm³/mol. The Labute approximate surface area is 120 Å². The lowest BCUT2D eigenvalue weighted by Gasteiger charge is -2.28. The van der Waals surface area contributed by atoms with Crippen molar-refractivity contribution in [2.24, 2.45) is 5.92 Å². The number of hydrogen-bond acceptors (Lipinski definition) is 3. The SMILES string of the molecule is Cc1ccn(C[C@@H]2C[C@@H](C)CN2C(=O)OC(C)(C)C)n1. The molecule has 1 fully saturated rings. The lowest BCUT2D eigenvalue weighted by Crippen LogP contribution is -2.41. The fourth-order valence-corrected chi connectivity index (χ4v) is 2.65. The molecule has 0 aromatic carbocycles. The van der Waals surface area contributed by atoms with Crippen LogP contribution in [-0.4, -0.2) is 39.0 Å². The van der Waals surface area contributed by atoms with Crippen molar-refractivity contribution in [3.8, 4) is 0 Å². The highest BCUT2D eigenvalue weighted by Crippen LogP contribution is 2.26. The molecule has 0 spiro atoms. The molecular weight excluding hydrogens is 254 g/mol.